The number of carbonyl (C=O) groups is 1. The summed E-state index contributed by atoms with van der Waals surface area (Å²) in [6.07, 6.45) is 7.77. The van der Waals surface area contributed by atoms with E-state index < -0.39 is 14.0 Å². The molecule has 3 aliphatic rings. The number of carboxylic acids is 1. The van der Waals surface area contributed by atoms with Gasteiger partial charge in [-0.2, -0.15) is 0 Å². The number of aromatic carboxylic acids is 1. The number of nitrogens with zero attached hydrogens (tertiary/aromatic N) is 2. The predicted octanol–water partition coefficient (Wildman–Crippen LogP) is 5.99. The lowest BCUT2D eigenvalue weighted by Crippen LogP contribution is -2.59. The van der Waals surface area contributed by atoms with Gasteiger partial charge in [-0.3, -0.25) is 0 Å². The summed E-state index contributed by atoms with van der Waals surface area (Å²) in [6.45, 7) is 11.7. The molecule has 6 rings (SSSR count). The van der Waals surface area contributed by atoms with E-state index in [4.69, 9.17) is 0 Å². The molecule has 0 bridgehead atoms. The average Bonchev–Trinajstić information content (AvgIpc) is 2.94. The topological polar surface area (TPSA) is 43.8 Å². The summed E-state index contributed by atoms with van der Waals surface area (Å²) >= 11 is 0. The minimum absolute atomic E-state index is 0.120. The molecule has 38 heavy (non-hydrogen) atoms. The maximum absolute atomic E-state index is 11.7. The van der Waals surface area contributed by atoms with Gasteiger partial charge in [0.15, 0.2) is 0 Å². The highest BCUT2D eigenvalue weighted by Crippen LogP contribution is 2.39. The fourth-order valence-corrected chi connectivity index (χ4v) is 10.4. The summed E-state index contributed by atoms with van der Waals surface area (Å²) in [5.41, 5.74) is 8.19. The first-order chi connectivity index (χ1) is 18.3. The van der Waals surface area contributed by atoms with Crippen LogP contribution in [0.1, 0.15) is 77.1 Å². The number of hydrogen-bond acceptors (Lipinski definition) is 3. The van der Waals surface area contributed by atoms with Crippen molar-refractivity contribution in [2.45, 2.75) is 64.5 Å². The van der Waals surface area contributed by atoms with Crippen LogP contribution in [0.5, 0.6) is 0 Å². The van der Waals surface area contributed by atoms with Crippen LogP contribution < -0.4 is 20.2 Å². The number of carboxylic acid groups (broad SMARTS) is 1. The largest absolute Gasteiger partial charge is 0.478 e. The molecule has 5 heteroatoms. The Bertz CT molecular complexity index is 1300. The molecule has 0 aliphatic carbocycles. The van der Waals surface area contributed by atoms with Gasteiger partial charge in [-0.05, 0) is 114 Å². The molecule has 198 valence electrons. The number of aryl methyl sites for hydroxylation is 1. The molecule has 0 atom stereocenters. The lowest BCUT2D eigenvalue weighted by atomic mass is 9.81. The molecule has 2 saturated heterocycles. The average molecular weight is 525 g/mol. The van der Waals surface area contributed by atoms with E-state index in [1.165, 1.54) is 77.0 Å². The van der Waals surface area contributed by atoms with Crippen LogP contribution in [0.4, 0.5) is 11.4 Å². The summed E-state index contributed by atoms with van der Waals surface area (Å²) in [4.78, 5) is 16.9. The lowest BCUT2D eigenvalue weighted by molar-refractivity contribution is 0.0696. The highest BCUT2D eigenvalue weighted by atomic mass is 28.3. The Morgan fingerprint density at radius 3 is 1.63 bits per heavy atom. The quantitative estimate of drug-likeness (QED) is 0.426. The Labute approximate surface area is 228 Å². The normalized spacial score (nSPS) is 19.1. The zero-order valence-corrected chi connectivity index (χ0v) is 24.1. The molecule has 0 amide bonds. The van der Waals surface area contributed by atoms with Crippen LogP contribution >= 0.6 is 0 Å². The third kappa shape index (κ3) is 4.35. The van der Waals surface area contributed by atoms with E-state index in [0.29, 0.717) is 5.56 Å². The zero-order chi connectivity index (χ0) is 26.4. The van der Waals surface area contributed by atoms with Crippen molar-refractivity contribution in [2.75, 3.05) is 36.0 Å². The maximum Gasteiger partial charge on any atom is 0.335 e. The second kappa shape index (κ2) is 9.92. The van der Waals surface area contributed by atoms with Crippen molar-refractivity contribution in [1.29, 1.82) is 0 Å². The molecule has 3 aliphatic heterocycles. The van der Waals surface area contributed by atoms with Crippen molar-refractivity contribution >= 4 is 35.8 Å². The van der Waals surface area contributed by atoms with Gasteiger partial charge in [0, 0.05) is 43.5 Å². The van der Waals surface area contributed by atoms with E-state index in [2.05, 4.69) is 72.3 Å². The van der Waals surface area contributed by atoms with E-state index in [1.807, 2.05) is 6.07 Å². The SMILES string of the molecule is Cc1cc(C(=O)O)ccc1C1c2ccc(N3CCCCC3)cc2[Si](C)(C)c2cc(N3CCCCC3)ccc21. The third-order valence-corrected chi connectivity index (χ3v) is 12.9. The maximum atomic E-state index is 11.7. The van der Waals surface area contributed by atoms with Crippen molar-refractivity contribution < 1.29 is 9.90 Å². The van der Waals surface area contributed by atoms with Gasteiger partial charge in [-0.25, -0.2) is 4.79 Å². The van der Waals surface area contributed by atoms with Gasteiger partial charge >= 0.3 is 5.97 Å². The monoisotopic (exact) mass is 524 g/mol. The molecule has 2 fully saturated rings. The molecule has 3 aromatic rings. The minimum Gasteiger partial charge on any atom is -0.478 e. The van der Waals surface area contributed by atoms with Crippen LogP contribution in [-0.4, -0.2) is 45.3 Å². The summed E-state index contributed by atoms with van der Waals surface area (Å²) < 4.78 is 0. The smallest absolute Gasteiger partial charge is 0.335 e. The Balaban J connectivity index is 1.53. The lowest BCUT2D eigenvalue weighted by Gasteiger charge is -2.41. The molecular formula is C33H40N2O2Si. The molecule has 4 nitrogen and oxygen atoms in total. The number of piperidine rings is 2. The Morgan fingerprint density at radius 2 is 1.18 bits per heavy atom. The van der Waals surface area contributed by atoms with Crippen molar-refractivity contribution in [3.05, 3.63) is 82.4 Å². The van der Waals surface area contributed by atoms with Crippen LogP contribution in [0.3, 0.4) is 0 Å². The van der Waals surface area contributed by atoms with Gasteiger partial charge in [0.2, 0.25) is 0 Å². The van der Waals surface area contributed by atoms with E-state index in [9.17, 15) is 9.90 Å². The summed E-state index contributed by atoms with van der Waals surface area (Å²) in [7, 11) is -1.99. The van der Waals surface area contributed by atoms with E-state index in [0.717, 1.165) is 31.7 Å². The molecule has 0 spiro atoms. The molecule has 1 N–H and O–H groups in total. The first-order valence-corrected chi connectivity index (χ1v) is 17.5. The number of fused-ring (bicyclic) bond motifs is 2. The van der Waals surface area contributed by atoms with Crippen LogP contribution in [-0.2, 0) is 0 Å². The molecule has 0 saturated carbocycles. The van der Waals surface area contributed by atoms with Crippen LogP contribution in [0, 0.1) is 6.92 Å². The van der Waals surface area contributed by atoms with Crippen molar-refractivity contribution in [1.82, 2.24) is 0 Å². The summed E-state index contributed by atoms with van der Waals surface area (Å²) in [5, 5.41) is 12.7. The first kappa shape index (κ1) is 25.2. The Hall–Kier alpha value is -3.05. The second-order valence-electron chi connectivity index (χ2n) is 12.1. The molecule has 0 radical (unpaired) electrons. The van der Waals surface area contributed by atoms with Gasteiger partial charge in [-0.1, -0.05) is 31.3 Å². The number of anilines is 2. The molecule has 0 aromatic heterocycles. The van der Waals surface area contributed by atoms with Gasteiger partial charge < -0.3 is 14.9 Å². The molecular weight excluding hydrogens is 484 g/mol. The second-order valence-corrected chi connectivity index (χ2v) is 16.4. The van der Waals surface area contributed by atoms with E-state index >= 15 is 0 Å². The number of rotatable bonds is 4. The molecule has 3 heterocycles. The van der Waals surface area contributed by atoms with Crippen molar-refractivity contribution in [3.8, 4) is 0 Å². The summed E-state index contributed by atoms with van der Waals surface area (Å²) in [5.74, 6) is -0.746. The Kier molecular flexibility index (Phi) is 6.59. The van der Waals surface area contributed by atoms with Crippen LogP contribution in [0.15, 0.2) is 54.6 Å². The number of hydrogen-bond donors (Lipinski definition) is 1. The van der Waals surface area contributed by atoms with E-state index in [1.54, 1.807) is 6.07 Å². The number of benzene rings is 3. The highest BCUT2D eigenvalue weighted by Gasteiger charge is 2.41. The van der Waals surface area contributed by atoms with E-state index in [-0.39, 0.29) is 5.92 Å². The highest BCUT2D eigenvalue weighted by molar-refractivity contribution is 7.01. The summed E-state index contributed by atoms with van der Waals surface area (Å²) in [6, 6.07) is 20.2. The fraction of sp³-hybridized carbons (Fsp3) is 0.424. The van der Waals surface area contributed by atoms with Crippen molar-refractivity contribution in [3.63, 3.8) is 0 Å². The fourth-order valence-electron chi connectivity index (χ4n) is 7.15. The van der Waals surface area contributed by atoms with Gasteiger partial charge in [0.1, 0.15) is 8.07 Å². The minimum atomic E-state index is -1.99. The van der Waals surface area contributed by atoms with Gasteiger partial charge in [0.25, 0.3) is 0 Å². The predicted molar refractivity (Wildman–Crippen MR) is 161 cm³/mol. The zero-order valence-electron chi connectivity index (χ0n) is 23.1. The van der Waals surface area contributed by atoms with Crippen molar-refractivity contribution in [2.24, 2.45) is 0 Å². The van der Waals surface area contributed by atoms with Gasteiger partial charge in [0.05, 0.1) is 5.56 Å². The van der Waals surface area contributed by atoms with Crippen LogP contribution in [0.25, 0.3) is 0 Å². The first-order valence-electron chi connectivity index (χ1n) is 14.5. The standard InChI is InChI=1S/C33H40N2O2Si/c1-23-20-24(33(36)37)10-13-27(23)32-28-14-11-25(34-16-6-4-7-17-34)21-30(28)38(2,3)31-22-26(12-15-29(31)32)35-18-8-5-9-19-35/h10-15,20-22,32H,4-9,16-19H2,1-3H3,(H,36,37). The van der Waals surface area contributed by atoms with Gasteiger partial charge in [-0.15, -0.1) is 0 Å². The third-order valence-electron chi connectivity index (χ3n) is 9.31. The van der Waals surface area contributed by atoms with Crippen LogP contribution in [0.2, 0.25) is 13.1 Å². The molecule has 0 unspecified atom stereocenters. The molecule has 3 aromatic carbocycles. The Morgan fingerprint density at radius 1 is 0.711 bits per heavy atom.